The lowest BCUT2D eigenvalue weighted by Gasteiger charge is -2.11. The molecule has 0 saturated carbocycles. The Bertz CT molecular complexity index is 1050. The molecule has 0 unspecified atom stereocenters. The molecular weight excluding hydrogens is 390 g/mol. The largest absolute Gasteiger partial charge is 0.325 e. The highest BCUT2D eigenvalue weighted by atomic mass is 35.5. The van der Waals surface area contributed by atoms with E-state index in [0.717, 1.165) is 5.56 Å². The van der Waals surface area contributed by atoms with Crippen LogP contribution in [0.15, 0.2) is 60.0 Å². The van der Waals surface area contributed by atoms with E-state index in [1.165, 1.54) is 31.5 Å². The highest BCUT2D eigenvalue weighted by molar-refractivity contribution is 7.92. The van der Waals surface area contributed by atoms with Gasteiger partial charge in [0.15, 0.2) is 0 Å². The second kappa shape index (κ2) is 7.77. The topological polar surface area (TPSA) is 106 Å². The van der Waals surface area contributed by atoms with Crippen LogP contribution in [-0.4, -0.2) is 29.1 Å². The van der Waals surface area contributed by atoms with Gasteiger partial charge in [-0.1, -0.05) is 23.7 Å². The molecule has 1 amide bonds. The summed E-state index contributed by atoms with van der Waals surface area (Å²) in [6.45, 7) is 1.88. The maximum atomic E-state index is 12.5. The number of sulfonamides is 1. The SMILES string of the molecule is CC(=O)Nc1ccc(S(=O)(=O)Nc2ccc(Cn3cncn3)cc2)cc1Cl. The number of anilines is 2. The van der Waals surface area contributed by atoms with Gasteiger partial charge in [-0.15, -0.1) is 0 Å². The van der Waals surface area contributed by atoms with Gasteiger partial charge >= 0.3 is 0 Å². The van der Waals surface area contributed by atoms with E-state index in [1.54, 1.807) is 35.3 Å². The Kier molecular flexibility index (Phi) is 5.43. The molecule has 0 atom stereocenters. The van der Waals surface area contributed by atoms with Crippen molar-refractivity contribution in [1.29, 1.82) is 0 Å². The molecule has 8 nitrogen and oxygen atoms in total. The first kappa shape index (κ1) is 18.9. The maximum Gasteiger partial charge on any atom is 0.261 e. The van der Waals surface area contributed by atoms with Crippen LogP contribution in [0, 0.1) is 0 Å². The molecule has 0 aliphatic heterocycles. The van der Waals surface area contributed by atoms with E-state index >= 15 is 0 Å². The van der Waals surface area contributed by atoms with Gasteiger partial charge in [-0.05, 0) is 35.9 Å². The monoisotopic (exact) mass is 405 g/mol. The molecule has 3 rings (SSSR count). The van der Waals surface area contributed by atoms with Crippen LogP contribution in [0.3, 0.4) is 0 Å². The zero-order valence-electron chi connectivity index (χ0n) is 14.3. The van der Waals surface area contributed by atoms with E-state index in [0.29, 0.717) is 17.9 Å². The van der Waals surface area contributed by atoms with Gasteiger partial charge in [-0.3, -0.25) is 9.52 Å². The predicted octanol–water partition coefficient (Wildman–Crippen LogP) is 2.74. The minimum Gasteiger partial charge on any atom is -0.325 e. The molecule has 3 aromatic rings. The number of halogens is 1. The van der Waals surface area contributed by atoms with Crippen LogP contribution in [0.5, 0.6) is 0 Å². The van der Waals surface area contributed by atoms with Crippen molar-refractivity contribution in [3.8, 4) is 0 Å². The molecule has 1 heterocycles. The van der Waals surface area contributed by atoms with Crippen LogP contribution in [0.4, 0.5) is 11.4 Å². The van der Waals surface area contributed by atoms with Gasteiger partial charge in [-0.2, -0.15) is 5.10 Å². The smallest absolute Gasteiger partial charge is 0.261 e. The number of aromatic nitrogens is 3. The first-order valence-electron chi connectivity index (χ1n) is 7.85. The summed E-state index contributed by atoms with van der Waals surface area (Å²) in [5.74, 6) is -0.295. The maximum absolute atomic E-state index is 12.5. The molecule has 0 fully saturated rings. The number of nitrogens with one attached hydrogen (secondary N) is 2. The molecule has 0 aliphatic carbocycles. The summed E-state index contributed by atoms with van der Waals surface area (Å²) in [4.78, 5) is 15.0. The molecule has 1 aromatic heterocycles. The molecule has 0 spiro atoms. The Morgan fingerprint density at radius 1 is 1.19 bits per heavy atom. The minimum absolute atomic E-state index is 0.00621. The van der Waals surface area contributed by atoms with Crippen molar-refractivity contribution in [3.63, 3.8) is 0 Å². The lowest BCUT2D eigenvalue weighted by Crippen LogP contribution is -2.13. The quantitative estimate of drug-likeness (QED) is 0.655. The van der Waals surface area contributed by atoms with Crippen molar-refractivity contribution < 1.29 is 13.2 Å². The summed E-state index contributed by atoms with van der Waals surface area (Å²) < 4.78 is 29.3. The molecule has 140 valence electrons. The summed E-state index contributed by atoms with van der Waals surface area (Å²) in [5.41, 5.74) is 1.71. The van der Waals surface area contributed by atoms with Gasteiger partial charge < -0.3 is 5.32 Å². The fourth-order valence-electron chi connectivity index (χ4n) is 2.35. The molecule has 10 heteroatoms. The van der Waals surface area contributed by atoms with Gasteiger partial charge in [0.2, 0.25) is 5.91 Å². The van der Waals surface area contributed by atoms with Crippen molar-refractivity contribution in [2.75, 3.05) is 10.0 Å². The third-order valence-corrected chi connectivity index (χ3v) is 5.27. The predicted molar refractivity (Wildman–Crippen MR) is 102 cm³/mol. The number of carbonyl (C=O) groups excluding carboxylic acids is 1. The number of rotatable bonds is 6. The van der Waals surface area contributed by atoms with Crippen molar-refractivity contribution in [2.24, 2.45) is 0 Å². The molecule has 27 heavy (non-hydrogen) atoms. The van der Waals surface area contributed by atoms with E-state index in [9.17, 15) is 13.2 Å². The van der Waals surface area contributed by atoms with Crippen molar-refractivity contribution >= 4 is 38.9 Å². The Morgan fingerprint density at radius 3 is 2.52 bits per heavy atom. The number of carbonyl (C=O) groups is 1. The van der Waals surface area contributed by atoms with Crippen LogP contribution < -0.4 is 10.0 Å². The molecule has 0 bridgehead atoms. The van der Waals surface area contributed by atoms with Crippen LogP contribution in [0.1, 0.15) is 12.5 Å². The van der Waals surface area contributed by atoms with Gasteiger partial charge in [0, 0.05) is 12.6 Å². The number of nitrogens with zero attached hydrogens (tertiary/aromatic N) is 3. The Morgan fingerprint density at radius 2 is 1.93 bits per heavy atom. The van der Waals surface area contributed by atoms with E-state index in [1.807, 2.05) is 0 Å². The van der Waals surface area contributed by atoms with Gasteiger partial charge in [-0.25, -0.2) is 18.1 Å². The molecule has 2 aromatic carbocycles. The molecule has 0 saturated heterocycles. The first-order chi connectivity index (χ1) is 12.8. The summed E-state index contributed by atoms with van der Waals surface area (Å²) in [6, 6.07) is 11.0. The number of benzene rings is 2. The third-order valence-electron chi connectivity index (χ3n) is 3.58. The summed E-state index contributed by atoms with van der Waals surface area (Å²) >= 11 is 6.05. The van der Waals surface area contributed by atoms with Gasteiger partial charge in [0.1, 0.15) is 12.7 Å². The third kappa shape index (κ3) is 4.83. The van der Waals surface area contributed by atoms with Crippen LogP contribution in [0.2, 0.25) is 5.02 Å². The Balaban J connectivity index is 1.74. The fraction of sp³-hybridized carbons (Fsp3) is 0.118. The minimum atomic E-state index is -3.82. The summed E-state index contributed by atoms with van der Waals surface area (Å²) in [7, 11) is -3.82. The van der Waals surface area contributed by atoms with E-state index in [4.69, 9.17) is 11.6 Å². The normalized spacial score (nSPS) is 11.2. The molecular formula is C17H16ClN5O3S. The van der Waals surface area contributed by atoms with Crippen molar-refractivity contribution in [3.05, 3.63) is 65.7 Å². The van der Waals surface area contributed by atoms with Gasteiger partial charge in [0.25, 0.3) is 10.0 Å². The van der Waals surface area contributed by atoms with Crippen molar-refractivity contribution in [1.82, 2.24) is 14.8 Å². The highest BCUT2D eigenvalue weighted by Crippen LogP contribution is 2.26. The molecule has 0 radical (unpaired) electrons. The Labute approximate surface area is 161 Å². The second-order valence-electron chi connectivity index (χ2n) is 5.72. The Hall–Kier alpha value is -2.91. The lowest BCUT2D eigenvalue weighted by atomic mass is 10.2. The van der Waals surface area contributed by atoms with E-state index < -0.39 is 10.0 Å². The first-order valence-corrected chi connectivity index (χ1v) is 9.71. The zero-order chi connectivity index (χ0) is 19.4. The summed E-state index contributed by atoms with van der Waals surface area (Å²) in [6.07, 6.45) is 3.05. The fourth-order valence-corrected chi connectivity index (χ4v) is 3.72. The lowest BCUT2D eigenvalue weighted by molar-refractivity contribution is -0.114. The highest BCUT2D eigenvalue weighted by Gasteiger charge is 2.16. The van der Waals surface area contributed by atoms with Gasteiger partial charge in [0.05, 0.1) is 22.2 Å². The summed E-state index contributed by atoms with van der Waals surface area (Å²) in [5, 5.41) is 6.68. The average molecular weight is 406 g/mol. The number of hydrogen-bond acceptors (Lipinski definition) is 5. The van der Waals surface area contributed by atoms with E-state index in [2.05, 4.69) is 20.1 Å². The number of amides is 1. The second-order valence-corrected chi connectivity index (χ2v) is 7.81. The number of hydrogen-bond donors (Lipinski definition) is 2. The van der Waals surface area contributed by atoms with Crippen LogP contribution in [-0.2, 0) is 21.4 Å². The van der Waals surface area contributed by atoms with Crippen LogP contribution >= 0.6 is 11.6 Å². The molecule has 2 N–H and O–H groups in total. The van der Waals surface area contributed by atoms with Crippen molar-refractivity contribution in [2.45, 2.75) is 18.4 Å². The standard InChI is InChI=1S/C17H16ClN5O3S/c1-12(24)21-17-7-6-15(8-16(17)18)27(25,26)22-14-4-2-13(3-5-14)9-23-11-19-10-20-23/h2-8,10-11,22H,9H2,1H3,(H,21,24). The van der Waals surface area contributed by atoms with Crippen LogP contribution in [0.25, 0.3) is 0 Å². The van der Waals surface area contributed by atoms with E-state index in [-0.39, 0.29) is 15.8 Å². The zero-order valence-corrected chi connectivity index (χ0v) is 15.8. The molecule has 0 aliphatic rings. The average Bonchev–Trinajstić information content (AvgIpc) is 3.11.